The monoisotopic (exact) mass is 823 g/mol. The maximum absolute atomic E-state index is 7.50. The number of anilines is 5. The first-order valence-corrected chi connectivity index (χ1v) is 22.8. The summed E-state index contributed by atoms with van der Waals surface area (Å²) in [5.74, 6) is 1.82. The minimum Gasteiger partial charge on any atom is -0.452 e. The summed E-state index contributed by atoms with van der Waals surface area (Å²) in [5, 5.41) is 2.31. The second-order valence-corrected chi connectivity index (χ2v) is 22.4. The second-order valence-electron chi connectivity index (χ2n) is 22.4. The van der Waals surface area contributed by atoms with E-state index in [1.165, 1.54) is 66.8 Å². The Hall–Kier alpha value is -6.20. The van der Waals surface area contributed by atoms with Crippen molar-refractivity contribution in [2.75, 3.05) is 9.71 Å². The van der Waals surface area contributed by atoms with Gasteiger partial charge in [-0.2, -0.15) is 0 Å². The summed E-state index contributed by atoms with van der Waals surface area (Å²) in [6.45, 7) is 27.8. The van der Waals surface area contributed by atoms with Crippen LogP contribution in [0.5, 0.6) is 11.5 Å². The highest BCUT2D eigenvalue weighted by Gasteiger charge is 2.49. The lowest BCUT2D eigenvalue weighted by molar-refractivity contribution is 0.480. The van der Waals surface area contributed by atoms with E-state index in [2.05, 4.69) is 231 Å². The number of benzene rings is 7. The largest absolute Gasteiger partial charge is 0.452 e. The fourth-order valence-corrected chi connectivity index (χ4v) is 10.4. The third-order valence-corrected chi connectivity index (χ3v) is 13.9. The summed E-state index contributed by atoms with van der Waals surface area (Å²) in [4.78, 5) is 5.24. The van der Waals surface area contributed by atoms with Crippen molar-refractivity contribution in [3.63, 3.8) is 0 Å². The average molecular weight is 824 g/mol. The molecule has 3 aliphatic rings. The maximum Gasteiger partial charge on any atom is 0.333 e. The third-order valence-electron chi connectivity index (χ3n) is 13.9. The number of aromatic nitrogens is 1. The predicted octanol–water partition coefficient (Wildman–Crippen LogP) is 14.8. The molecule has 0 saturated carbocycles. The molecule has 4 heterocycles. The highest BCUT2D eigenvalue weighted by molar-refractivity contribution is 6.93. The van der Waals surface area contributed by atoms with Crippen molar-refractivity contribution in [1.29, 1.82) is 0 Å². The predicted molar refractivity (Wildman–Crippen MR) is 269 cm³/mol. The van der Waals surface area contributed by atoms with Crippen LogP contribution in [0.3, 0.4) is 0 Å². The SMILES string of the molecule is CC(C)(C)c1ccc(N2c3cc(C(C)(C)C)ccc3B3c4c(cc(C(C)(C)C)cc42)-c2cc(C(C)(C)C)cc4c2N3c2ccc3c(c2O4)c2ccccc2n3-c2ccccc2)cc1. The van der Waals surface area contributed by atoms with E-state index >= 15 is 0 Å². The molecule has 7 aromatic carbocycles. The molecule has 63 heavy (non-hydrogen) atoms. The molecular weight excluding hydrogens is 765 g/mol. The molecule has 3 aliphatic heterocycles. The van der Waals surface area contributed by atoms with Crippen molar-refractivity contribution < 1.29 is 4.74 Å². The lowest BCUT2D eigenvalue weighted by atomic mass is 9.43. The Bertz CT molecular complexity index is 3180. The van der Waals surface area contributed by atoms with Crippen LogP contribution in [0, 0.1) is 0 Å². The van der Waals surface area contributed by atoms with Gasteiger partial charge in [-0.15, -0.1) is 0 Å². The number of hydrogen-bond donors (Lipinski definition) is 0. The van der Waals surface area contributed by atoms with E-state index < -0.39 is 0 Å². The summed E-state index contributed by atoms with van der Waals surface area (Å²) in [5.41, 5.74) is 19.5. The zero-order valence-corrected chi connectivity index (χ0v) is 39.0. The van der Waals surface area contributed by atoms with Gasteiger partial charge in [-0.25, -0.2) is 0 Å². The van der Waals surface area contributed by atoms with Crippen LogP contribution in [0.15, 0.2) is 133 Å². The Morgan fingerprint density at radius 3 is 1.75 bits per heavy atom. The van der Waals surface area contributed by atoms with Gasteiger partial charge in [0.05, 0.1) is 27.8 Å². The minimum atomic E-state index is -0.120. The number of para-hydroxylation sites is 2. The molecule has 0 fully saturated rings. The van der Waals surface area contributed by atoms with Crippen LogP contribution in [0.2, 0.25) is 0 Å². The van der Waals surface area contributed by atoms with Gasteiger partial charge < -0.3 is 19.0 Å². The van der Waals surface area contributed by atoms with Crippen LogP contribution in [-0.2, 0) is 21.7 Å². The Balaban J connectivity index is 1.28. The molecule has 1 aromatic heterocycles. The standard InChI is InChI=1S/C58H58BN3O/c1-55(2,3)35-22-25-40(26-23-35)61-48-32-36(56(4,5)6)24-27-44(48)59-52-42(30-37(33-49(52)61)57(7,8)9)43-31-38(58(10,11)12)34-50-53(43)62(59)47-29-28-46-51(54(47)63-50)41-20-16-17-21-45(41)60(46)39-18-14-13-15-19-39/h13-34H,1-12H3. The van der Waals surface area contributed by atoms with Crippen molar-refractivity contribution >= 4 is 68.0 Å². The van der Waals surface area contributed by atoms with E-state index in [0.29, 0.717) is 0 Å². The third kappa shape index (κ3) is 5.95. The van der Waals surface area contributed by atoms with Crippen molar-refractivity contribution in [3.8, 4) is 28.3 Å². The van der Waals surface area contributed by atoms with Crippen molar-refractivity contribution in [3.05, 3.63) is 156 Å². The molecule has 4 nitrogen and oxygen atoms in total. The Labute approximate surface area is 374 Å². The topological polar surface area (TPSA) is 20.6 Å². The first-order valence-electron chi connectivity index (χ1n) is 22.8. The van der Waals surface area contributed by atoms with E-state index in [1.54, 1.807) is 0 Å². The van der Waals surface area contributed by atoms with E-state index in [9.17, 15) is 0 Å². The van der Waals surface area contributed by atoms with Crippen LogP contribution in [0.1, 0.15) is 105 Å². The number of hydrogen-bond acceptors (Lipinski definition) is 3. The molecule has 0 atom stereocenters. The normalized spacial score (nSPS) is 14.4. The van der Waals surface area contributed by atoms with E-state index in [1.807, 2.05) is 0 Å². The summed E-state index contributed by atoms with van der Waals surface area (Å²) in [6.07, 6.45) is 0. The van der Waals surface area contributed by atoms with Gasteiger partial charge in [-0.3, -0.25) is 0 Å². The fraction of sp³-hybridized carbons (Fsp3) is 0.276. The lowest BCUT2D eigenvalue weighted by Gasteiger charge is -2.48. The van der Waals surface area contributed by atoms with Gasteiger partial charge in [0.15, 0.2) is 11.5 Å². The Morgan fingerprint density at radius 2 is 1.06 bits per heavy atom. The van der Waals surface area contributed by atoms with Gasteiger partial charge >= 0.3 is 6.85 Å². The molecule has 314 valence electrons. The van der Waals surface area contributed by atoms with Gasteiger partial charge in [-0.1, -0.05) is 150 Å². The van der Waals surface area contributed by atoms with Crippen LogP contribution in [0.4, 0.5) is 28.4 Å². The second kappa shape index (κ2) is 13.2. The molecular formula is C58H58BN3O. The molecule has 8 aromatic rings. The van der Waals surface area contributed by atoms with Gasteiger partial charge in [-0.05, 0) is 127 Å². The Morgan fingerprint density at radius 1 is 0.460 bits per heavy atom. The molecule has 0 saturated heterocycles. The first-order chi connectivity index (χ1) is 29.8. The molecule has 0 spiro atoms. The molecule has 0 radical (unpaired) electrons. The van der Waals surface area contributed by atoms with Crippen LogP contribution >= 0.6 is 0 Å². The highest BCUT2D eigenvalue weighted by atomic mass is 16.5. The van der Waals surface area contributed by atoms with Gasteiger partial charge in [0.2, 0.25) is 0 Å². The molecule has 5 heteroatoms. The smallest absolute Gasteiger partial charge is 0.333 e. The molecule has 11 rings (SSSR count). The zero-order valence-electron chi connectivity index (χ0n) is 39.0. The maximum atomic E-state index is 7.50. The summed E-state index contributed by atoms with van der Waals surface area (Å²) >= 11 is 0. The molecule has 0 aliphatic carbocycles. The number of ether oxygens (including phenoxy) is 1. The first kappa shape index (κ1) is 39.6. The number of nitrogens with zero attached hydrogens (tertiary/aromatic N) is 3. The van der Waals surface area contributed by atoms with E-state index in [-0.39, 0.29) is 28.5 Å². The summed E-state index contributed by atoms with van der Waals surface area (Å²) in [6, 6.07) is 50.7. The van der Waals surface area contributed by atoms with Gasteiger partial charge in [0.1, 0.15) is 0 Å². The minimum absolute atomic E-state index is 0.0445. The van der Waals surface area contributed by atoms with Gasteiger partial charge in [0.25, 0.3) is 0 Å². The summed E-state index contributed by atoms with van der Waals surface area (Å²) < 4.78 is 9.89. The molecule has 0 N–H and O–H groups in total. The van der Waals surface area contributed by atoms with Crippen LogP contribution < -0.4 is 25.4 Å². The number of rotatable bonds is 2. The zero-order chi connectivity index (χ0) is 44.1. The lowest BCUT2D eigenvalue weighted by Crippen LogP contribution is -2.62. The highest BCUT2D eigenvalue weighted by Crippen LogP contribution is 2.59. The molecule has 0 unspecified atom stereocenters. The van der Waals surface area contributed by atoms with Crippen molar-refractivity contribution in [2.45, 2.75) is 105 Å². The van der Waals surface area contributed by atoms with Crippen molar-refractivity contribution in [1.82, 2.24) is 4.57 Å². The van der Waals surface area contributed by atoms with Crippen molar-refractivity contribution in [2.24, 2.45) is 0 Å². The molecule has 0 bridgehead atoms. The fourth-order valence-electron chi connectivity index (χ4n) is 10.4. The van der Waals surface area contributed by atoms with Crippen LogP contribution in [0.25, 0.3) is 38.6 Å². The Kier molecular flexibility index (Phi) is 8.29. The average Bonchev–Trinajstić information content (AvgIpc) is 3.58. The van der Waals surface area contributed by atoms with Crippen LogP contribution in [-0.4, -0.2) is 11.4 Å². The number of fused-ring (bicyclic) bond motifs is 10. The summed E-state index contributed by atoms with van der Waals surface area (Å²) in [7, 11) is 0. The van der Waals surface area contributed by atoms with E-state index in [0.717, 1.165) is 45.0 Å². The van der Waals surface area contributed by atoms with Gasteiger partial charge in [0, 0.05) is 33.7 Å². The molecule has 0 amide bonds. The quantitative estimate of drug-likeness (QED) is 0.162. The van der Waals surface area contributed by atoms with E-state index in [4.69, 9.17) is 4.74 Å².